The van der Waals surface area contributed by atoms with Crippen LogP contribution in [0, 0.1) is 0 Å². The third kappa shape index (κ3) is 4.79. The smallest absolute Gasteiger partial charge is 0.228 e. The van der Waals surface area contributed by atoms with E-state index in [0.717, 1.165) is 39.0 Å². The summed E-state index contributed by atoms with van der Waals surface area (Å²) in [5.41, 5.74) is 4.33. The van der Waals surface area contributed by atoms with Gasteiger partial charge in [0.05, 0.1) is 11.3 Å². The van der Waals surface area contributed by atoms with Crippen molar-refractivity contribution in [2.75, 3.05) is 17.7 Å². The molecule has 0 radical (unpaired) electrons. The summed E-state index contributed by atoms with van der Waals surface area (Å²) in [6.07, 6.45) is 3.40. The van der Waals surface area contributed by atoms with Crippen LogP contribution >= 0.6 is 11.3 Å². The second-order valence-corrected chi connectivity index (χ2v) is 10.1. The quantitative estimate of drug-likeness (QED) is 0.205. The number of hydrogen-bond acceptors (Lipinski definition) is 9. The van der Waals surface area contributed by atoms with Crippen LogP contribution in [0.3, 0.4) is 0 Å². The Labute approximate surface area is 239 Å². The molecule has 3 aromatic carbocycles. The van der Waals surface area contributed by atoms with E-state index in [1.807, 2.05) is 54.6 Å². The standard InChI is InChI=1S/C32H23N7OS/c1-33-32-35-18-16-27(37-32)25-10-6-17-34-31(25)40-21-14-12-20(13-15-21)36-30-24-9-3-2-8-23(24)29(38-39-30)26-19-41-28-11-5-4-7-22(26)28/h2-19H,1H3,(H,36,39)(H,33,35,37). The van der Waals surface area contributed by atoms with Gasteiger partial charge in [-0.1, -0.05) is 42.5 Å². The van der Waals surface area contributed by atoms with Crippen LogP contribution in [0.1, 0.15) is 0 Å². The predicted octanol–water partition coefficient (Wildman–Crippen LogP) is 7.94. The average molecular weight is 554 g/mol. The fourth-order valence-corrected chi connectivity index (χ4v) is 5.65. The molecule has 4 heterocycles. The zero-order chi connectivity index (χ0) is 27.6. The highest BCUT2D eigenvalue weighted by Crippen LogP contribution is 2.38. The molecule has 0 aliphatic rings. The lowest BCUT2D eigenvalue weighted by atomic mass is 10.0. The highest BCUT2D eigenvalue weighted by molar-refractivity contribution is 7.17. The summed E-state index contributed by atoms with van der Waals surface area (Å²) in [7, 11) is 1.78. The molecule has 0 amide bonds. The molecule has 4 aromatic heterocycles. The second-order valence-electron chi connectivity index (χ2n) is 9.21. The van der Waals surface area contributed by atoms with Gasteiger partial charge in [-0.2, -0.15) is 0 Å². The Morgan fingerprint density at radius 3 is 2.37 bits per heavy atom. The van der Waals surface area contributed by atoms with Gasteiger partial charge in [0.2, 0.25) is 11.8 Å². The van der Waals surface area contributed by atoms with Gasteiger partial charge in [0, 0.05) is 56.9 Å². The molecule has 9 heteroatoms. The molecule has 0 saturated carbocycles. The maximum absolute atomic E-state index is 6.16. The van der Waals surface area contributed by atoms with Crippen LogP contribution in [-0.4, -0.2) is 32.2 Å². The Bertz CT molecular complexity index is 2010. The van der Waals surface area contributed by atoms with Crippen molar-refractivity contribution in [2.24, 2.45) is 0 Å². The third-order valence-electron chi connectivity index (χ3n) is 6.68. The molecule has 7 aromatic rings. The van der Waals surface area contributed by atoms with Crippen molar-refractivity contribution in [1.82, 2.24) is 25.1 Å². The van der Waals surface area contributed by atoms with Gasteiger partial charge in [-0.25, -0.2) is 15.0 Å². The van der Waals surface area contributed by atoms with Gasteiger partial charge in [0.25, 0.3) is 0 Å². The molecule has 0 bridgehead atoms. The fourth-order valence-electron chi connectivity index (χ4n) is 4.71. The number of fused-ring (bicyclic) bond motifs is 2. The summed E-state index contributed by atoms with van der Waals surface area (Å²) >= 11 is 1.72. The van der Waals surface area contributed by atoms with E-state index in [2.05, 4.69) is 77.6 Å². The van der Waals surface area contributed by atoms with Crippen molar-refractivity contribution in [3.63, 3.8) is 0 Å². The SMILES string of the molecule is CNc1nccc(-c2cccnc2Oc2ccc(Nc3nnc(-c4csc5ccccc45)c4ccccc34)cc2)n1. The molecule has 0 atom stereocenters. The van der Waals surface area contributed by atoms with Gasteiger partial charge in [0.15, 0.2) is 5.82 Å². The molecule has 0 aliphatic heterocycles. The predicted molar refractivity (Wildman–Crippen MR) is 165 cm³/mol. The molecule has 7 rings (SSSR count). The Balaban J connectivity index is 1.16. The summed E-state index contributed by atoms with van der Waals surface area (Å²) in [6, 6.07) is 29.9. The van der Waals surface area contributed by atoms with E-state index in [1.165, 1.54) is 10.1 Å². The number of nitrogens with zero attached hydrogens (tertiary/aromatic N) is 5. The summed E-state index contributed by atoms with van der Waals surface area (Å²) in [6.45, 7) is 0. The van der Waals surface area contributed by atoms with E-state index in [-0.39, 0.29) is 0 Å². The normalized spacial score (nSPS) is 11.0. The molecule has 8 nitrogen and oxygen atoms in total. The molecule has 0 fully saturated rings. The molecule has 0 unspecified atom stereocenters. The lowest BCUT2D eigenvalue weighted by molar-refractivity contribution is 0.465. The van der Waals surface area contributed by atoms with Crippen molar-refractivity contribution in [1.29, 1.82) is 0 Å². The summed E-state index contributed by atoms with van der Waals surface area (Å²) in [4.78, 5) is 13.2. The van der Waals surface area contributed by atoms with Crippen LogP contribution < -0.4 is 15.4 Å². The Morgan fingerprint density at radius 2 is 1.51 bits per heavy atom. The molecule has 198 valence electrons. The Morgan fingerprint density at radius 1 is 0.707 bits per heavy atom. The largest absolute Gasteiger partial charge is 0.438 e. The minimum Gasteiger partial charge on any atom is -0.438 e. The second kappa shape index (κ2) is 10.6. The number of anilines is 3. The molecular weight excluding hydrogens is 530 g/mol. The molecule has 2 N–H and O–H groups in total. The van der Waals surface area contributed by atoms with Crippen molar-refractivity contribution in [3.8, 4) is 34.1 Å². The topological polar surface area (TPSA) is 97.7 Å². The van der Waals surface area contributed by atoms with Crippen LogP contribution in [0.25, 0.3) is 43.4 Å². The molecular formula is C32H23N7OS. The van der Waals surface area contributed by atoms with Gasteiger partial charge in [-0.05, 0) is 48.5 Å². The van der Waals surface area contributed by atoms with E-state index in [0.29, 0.717) is 23.4 Å². The first kappa shape index (κ1) is 24.6. The average Bonchev–Trinajstić information content (AvgIpc) is 3.46. The highest BCUT2D eigenvalue weighted by atomic mass is 32.1. The molecule has 0 aliphatic carbocycles. The van der Waals surface area contributed by atoms with Crippen molar-refractivity contribution < 1.29 is 4.74 Å². The first-order valence-corrected chi connectivity index (χ1v) is 13.9. The van der Waals surface area contributed by atoms with Gasteiger partial charge in [-0.15, -0.1) is 21.5 Å². The lowest BCUT2D eigenvalue weighted by Gasteiger charge is -2.12. The first-order chi connectivity index (χ1) is 20.3. The van der Waals surface area contributed by atoms with Crippen LogP contribution in [0.2, 0.25) is 0 Å². The van der Waals surface area contributed by atoms with E-state index in [4.69, 9.17) is 4.74 Å². The number of ether oxygens (including phenoxy) is 1. The Kier molecular flexibility index (Phi) is 6.38. The summed E-state index contributed by atoms with van der Waals surface area (Å²) in [5, 5.41) is 21.0. The van der Waals surface area contributed by atoms with Crippen molar-refractivity contribution in [2.45, 2.75) is 0 Å². The van der Waals surface area contributed by atoms with Gasteiger partial charge in [-0.3, -0.25) is 0 Å². The van der Waals surface area contributed by atoms with Gasteiger partial charge < -0.3 is 15.4 Å². The number of hydrogen-bond donors (Lipinski definition) is 2. The number of benzene rings is 3. The highest BCUT2D eigenvalue weighted by Gasteiger charge is 2.15. The summed E-state index contributed by atoms with van der Waals surface area (Å²) < 4.78 is 7.39. The van der Waals surface area contributed by atoms with E-state index < -0.39 is 0 Å². The fraction of sp³-hybridized carbons (Fsp3) is 0.0312. The van der Waals surface area contributed by atoms with Crippen molar-refractivity contribution >= 4 is 49.6 Å². The van der Waals surface area contributed by atoms with Crippen LogP contribution in [0.4, 0.5) is 17.5 Å². The number of aromatic nitrogens is 5. The van der Waals surface area contributed by atoms with Crippen LogP contribution in [0.5, 0.6) is 11.6 Å². The monoisotopic (exact) mass is 553 g/mol. The zero-order valence-electron chi connectivity index (χ0n) is 21.9. The number of pyridine rings is 1. The summed E-state index contributed by atoms with van der Waals surface area (Å²) in [5.74, 6) is 2.32. The lowest BCUT2D eigenvalue weighted by Crippen LogP contribution is -1.99. The Hall–Kier alpha value is -5.41. The maximum Gasteiger partial charge on any atom is 0.228 e. The van der Waals surface area contributed by atoms with Crippen LogP contribution in [-0.2, 0) is 0 Å². The third-order valence-corrected chi connectivity index (χ3v) is 7.64. The van der Waals surface area contributed by atoms with Gasteiger partial charge in [0.1, 0.15) is 11.4 Å². The van der Waals surface area contributed by atoms with E-state index >= 15 is 0 Å². The van der Waals surface area contributed by atoms with E-state index in [1.54, 1.807) is 30.8 Å². The number of rotatable bonds is 7. The number of thiophene rings is 1. The van der Waals surface area contributed by atoms with Crippen molar-refractivity contribution in [3.05, 3.63) is 109 Å². The zero-order valence-corrected chi connectivity index (χ0v) is 22.8. The molecule has 0 saturated heterocycles. The minimum absolute atomic E-state index is 0.461. The minimum atomic E-state index is 0.461. The van der Waals surface area contributed by atoms with Crippen LogP contribution in [0.15, 0.2) is 109 Å². The first-order valence-electron chi connectivity index (χ1n) is 13.0. The number of nitrogens with one attached hydrogen (secondary N) is 2. The molecule has 0 spiro atoms. The maximum atomic E-state index is 6.16. The molecule has 41 heavy (non-hydrogen) atoms. The van der Waals surface area contributed by atoms with Gasteiger partial charge >= 0.3 is 0 Å². The van der Waals surface area contributed by atoms with E-state index in [9.17, 15) is 0 Å².